The second kappa shape index (κ2) is 3.01. The summed E-state index contributed by atoms with van der Waals surface area (Å²) >= 11 is 3.34. The Kier molecular flexibility index (Phi) is 2.27. The minimum atomic E-state index is 0.889. The maximum atomic E-state index is 4.08. The van der Waals surface area contributed by atoms with Crippen LogP contribution in [0.5, 0.6) is 0 Å². The number of hydrogen-bond donors (Lipinski definition) is 0. The smallest absolute Gasteiger partial charge is 0.129 e. The molecule has 0 bridgehead atoms. The molecule has 1 aromatic rings. The normalized spacial score (nSPS) is 9.50. The molecule has 0 aromatic carbocycles. The number of rotatable bonds is 1. The van der Waals surface area contributed by atoms with Crippen LogP contribution in [-0.2, 0) is 0 Å². The number of aromatic nitrogens is 1. The zero-order valence-electron chi connectivity index (χ0n) is 6.00. The SMILES string of the molecule is CN(C)c1cccnc1Br. The second-order valence-corrected chi connectivity index (χ2v) is 2.96. The van der Waals surface area contributed by atoms with Gasteiger partial charge in [0.25, 0.3) is 0 Å². The van der Waals surface area contributed by atoms with E-state index in [1.165, 1.54) is 0 Å². The quantitative estimate of drug-likeness (QED) is 0.645. The van der Waals surface area contributed by atoms with Crippen LogP contribution in [0.3, 0.4) is 0 Å². The lowest BCUT2D eigenvalue weighted by Crippen LogP contribution is -2.09. The van der Waals surface area contributed by atoms with Crippen LogP contribution in [0, 0.1) is 0 Å². The van der Waals surface area contributed by atoms with Crippen molar-refractivity contribution < 1.29 is 0 Å². The van der Waals surface area contributed by atoms with Crippen molar-refractivity contribution >= 4 is 21.6 Å². The van der Waals surface area contributed by atoms with Gasteiger partial charge in [0, 0.05) is 20.3 Å². The van der Waals surface area contributed by atoms with E-state index in [1.54, 1.807) is 6.20 Å². The molecule has 2 nitrogen and oxygen atoms in total. The largest absolute Gasteiger partial charge is 0.375 e. The van der Waals surface area contributed by atoms with Gasteiger partial charge in [-0.2, -0.15) is 0 Å². The van der Waals surface area contributed by atoms with Gasteiger partial charge in [-0.3, -0.25) is 0 Å². The Hall–Kier alpha value is -0.570. The molecule has 0 aliphatic heterocycles. The van der Waals surface area contributed by atoms with Crippen LogP contribution in [0.4, 0.5) is 5.69 Å². The van der Waals surface area contributed by atoms with Crippen LogP contribution in [0.1, 0.15) is 0 Å². The van der Waals surface area contributed by atoms with E-state index in [2.05, 4.69) is 20.9 Å². The topological polar surface area (TPSA) is 16.1 Å². The first-order chi connectivity index (χ1) is 4.72. The molecule has 3 heteroatoms. The Balaban J connectivity index is 3.03. The Labute approximate surface area is 69.0 Å². The van der Waals surface area contributed by atoms with Crippen molar-refractivity contribution in [2.75, 3.05) is 19.0 Å². The fraction of sp³-hybridized carbons (Fsp3) is 0.286. The highest BCUT2D eigenvalue weighted by molar-refractivity contribution is 9.10. The van der Waals surface area contributed by atoms with E-state index in [-0.39, 0.29) is 0 Å². The number of hydrogen-bond acceptors (Lipinski definition) is 2. The van der Waals surface area contributed by atoms with Crippen molar-refractivity contribution in [2.45, 2.75) is 0 Å². The summed E-state index contributed by atoms with van der Waals surface area (Å²) in [6.07, 6.45) is 1.76. The average Bonchev–Trinajstić information content (AvgIpc) is 1.88. The molecular formula is C7H9BrN2. The van der Waals surface area contributed by atoms with Crippen molar-refractivity contribution in [3.05, 3.63) is 22.9 Å². The first-order valence-corrected chi connectivity index (χ1v) is 3.79. The summed E-state index contributed by atoms with van der Waals surface area (Å²) in [5.74, 6) is 0. The molecule has 0 N–H and O–H groups in total. The summed E-state index contributed by atoms with van der Waals surface area (Å²) < 4.78 is 0.889. The third-order valence-electron chi connectivity index (χ3n) is 1.22. The van der Waals surface area contributed by atoms with Gasteiger partial charge in [0.1, 0.15) is 4.60 Å². The van der Waals surface area contributed by atoms with Crippen molar-refractivity contribution in [2.24, 2.45) is 0 Å². The summed E-state index contributed by atoms with van der Waals surface area (Å²) in [4.78, 5) is 6.09. The molecule has 1 rings (SSSR count). The maximum Gasteiger partial charge on any atom is 0.129 e. The van der Waals surface area contributed by atoms with Crippen LogP contribution in [0.2, 0.25) is 0 Å². The molecule has 10 heavy (non-hydrogen) atoms. The zero-order chi connectivity index (χ0) is 7.56. The van der Waals surface area contributed by atoms with Crippen molar-refractivity contribution in [1.82, 2.24) is 4.98 Å². The Morgan fingerprint density at radius 2 is 2.20 bits per heavy atom. The fourth-order valence-electron chi connectivity index (χ4n) is 0.711. The third-order valence-corrected chi connectivity index (χ3v) is 1.83. The van der Waals surface area contributed by atoms with E-state index < -0.39 is 0 Å². The molecule has 0 spiro atoms. The van der Waals surface area contributed by atoms with Crippen molar-refractivity contribution in [3.63, 3.8) is 0 Å². The predicted molar refractivity (Wildman–Crippen MR) is 46.3 cm³/mol. The highest BCUT2D eigenvalue weighted by atomic mass is 79.9. The highest BCUT2D eigenvalue weighted by Gasteiger charge is 1.98. The van der Waals surface area contributed by atoms with E-state index in [4.69, 9.17) is 0 Å². The predicted octanol–water partition coefficient (Wildman–Crippen LogP) is 1.91. The monoisotopic (exact) mass is 200 g/mol. The molecule has 0 aliphatic rings. The molecule has 54 valence electrons. The standard InChI is InChI=1S/C7H9BrN2/c1-10(2)6-4-3-5-9-7(6)8/h3-5H,1-2H3. The molecule has 0 fully saturated rings. The van der Waals surface area contributed by atoms with Gasteiger partial charge in [0.05, 0.1) is 5.69 Å². The van der Waals surface area contributed by atoms with Gasteiger partial charge in [-0.25, -0.2) is 4.98 Å². The van der Waals surface area contributed by atoms with Crippen molar-refractivity contribution in [3.8, 4) is 0 Å². The first-order valence-electron chi connectivity index (χ1n) is 2.99. The molecule has 1 aromatic heterocycles. The molecule has 0 saturated carbocycles. The molecule has 0 amide bonds. The Morgan fingerprint density at radius 1 is 1.50 bits per heavy atom. The molecular weight excluding hydrogens is 192 g/mol. The van der Waals surface area contributed by atoms with Gasteiger partial charge in [0.15, 0.2) is 0 Å². The fourth-order valence-corrected chi connectivity index (χ4v) is 1.32. The number of pyridine rings is 1. The van der Waals surface area contributed by atoms with E-state index in [0.717, 1.165) is 10.3 Å². The molecule has 0 radical (unpaired) electrons. The molecule has 1 heterocycles. The van der Waals surface area contributed by atoms with E-state index in [1.807, 2.05) is 31.1 Å². The van der Waals surface area contributed by atoms with E-state index >= 15 is 0 Å². The maximum absolute atomic E-state index is 4.08. The molecule has 0 unspecified atom stereocenters. The van der Waals surface area contributed by atoms with Gasteiger partial charge in [0.2, 0.25) is 0 Å². The van der Waals surface area contributed by atoms with Gasteiger partial charge in [-0.15, -0.1) is 0 Å². The second-order valence-electron chi connectivity index (χ2n) is 2.21. The summed E-state index contributed by atoms with van der Waals surface area (Å²) in [7, 11) is 3.98. The lowest BCUT2D eigenvalue weighted by molar-refractivity contribution is 1.09. The summed E-state index contributed by atoms with van der Waals surface area (Å²) in [5, 5.41) is 0. The third kappa shape index (κ3) is 1.48. The van der Waals surface area contributed by atoms with Crippen LogP contribution < -0.4 is 4.90 Å². The average molecular weight is 201 g/mol. The summed E-state index contributed by atoms with van der Waals surface area (Å²) in [6.45, 7) is 0. The lowest BCUT2D eigenvalue weighted by Gasteiger charge is -2.12. The minimum absolute atomic E-state index is 0.889. The van der Waals surface area contributed by atoms with Crippen LogP contribution in [-0.4, -0.2) is 19.1 Å². The Morgan fingerprint density at radius 3 is 2.60 bits per heavy atom. The lowest BCUT2D eigenvalue weighted by atomic mass is 10.4. The van der Waals surface area contributed by atoms with E-state index in [0.29, 0.717) is 0 Å². The first kappa shape index (κ1) is 7.54. The summed E-state index contributed by atoms with van der Waals surface area (Å²) in [6, 6.07) is 3.93. The van der Waals surface area contributed by atoms with Gasteiger partial charge in [-0.05, 0) is 28.1 Å². The highest BCUT2D eigenvalue weighted by Crippen LogP contribution is 2.20. The number of anilines is 1. The molecule has 0 aliphatic carbocycles. The molecule has 0 atom stereocenters. The van der Waals surface area contributed by atoms with E-state index in [9.17, 15) is 0 Å². The van der Waals surface area contributed by atoms with Crippen LogP contribution in [0.15, 0.2) is 22.9 Å². The Bertz CT molecular complexity index is 223. The van der Waals surface area contributed by atoms with Gasteiger partial charge < -0.3 is 4.90 Å². The molecule has 0 saturated heterocycles. The van der Waals surface area contributed by atoms with Crippen LogP contribution in [0.25, 0.3) is 0 Å². The van der Waals surface area contributed by atoms with Crippen LogP contribution >= 0.6 is 15.9 Å². The zero-order valence-corrected chi connectivity index (χ0v) is 7.59. The minimum Gasteiger partial charge on any atom is -0.375 e. The van der Waals surface area contributed by atoms with Gasteiger partial charge in [-0.1, -0.05) is 0 Å². The number of halogens is 1. The number of nitrogens with zero attached hydrogens (tertiary/aromatic N) is 2. The summed E-state index contributed by atoms with van der Waals surface area (Å²) in [5.41, 5.74) is 1.10. The van der Waals surface area contributed by atoms with Gasteiger partial charge >= 0.3 is 0 Å². The van der Waals surface area contributed by atoms with Crippen molar-refractivity contribution in [1.29, 1.82) is 0 Å².